The maximum atomic E-state index is 11.3. The molecular weight excluding hydrogens is 154 g/mol. The highest BCUT2D eigenvalue weighted by Crippen LogP contribution is 2.17. The SMILES string of the molecule is C=CCC1C=NC(C)=C(O)C1=O. The van der Waals surface area contributed by atoms with Crippen LogP contribution in [-0.4, -0.2) is 17.1 Å². The molecule has 0 fully saturated rings. The van der Waals surface area contributed by atoms with Crippen LogP contribution in [0.2, 0.25) is 0 Å². The van der Waals surface area contributed by atoms with Gasteiger partial charge in [0.05, 0.1) is 11.6 Å². The molecule has 0 saturated heterocycles. The monoisotopic (exact) mass is 165 g/mol. The van der Waals surface area contributed by atoms with Gasteiger partial charge < -0.3 is 5.11 Å². The first-order valence-corrected chi connectivity index (χ1v) is 3.76. The molecule has 0 saturated carbocycles. The predicted octanol–water partition coefficient (Wildman–Crippen LogP) is 1.62. The summed E-state index contributed by atoms with van der Waals surface area (Å²) in [4.78, 5) is 15.2. The normalized spacial score (nSPS) is 23.1. The minimum atomic E-state index is -0.328. The van der Waals surface area contributed by atoms with Gasteiger partial charge in [-0.2, -0.15) is 0 Å². The second-order valence-corrected chi connectivity index (χ2v) is 2.71. The zero-order valence-corrected chi connectivity index (χ0v) is 6.95. The van der Waals surface area contributed by atoms with E-state index in [2.05, 4.69) is 11.6 Å². The fraction of sp³-hybridized carbons (Fsp3) is 0.333. The highest BCUT2D eigenvalue weighted by Gasteiger charge is 2.23. The molecule has 0 amide bonds. The Labute approximate surface area is 71.1 Å². The smallest absolute Gasteiger partial charge is 0.207 e. The van der Waals surface area contributed by atoms with Crippen LogP contribution in [0, 0.1) is 5.92 Å². The molecule has 3 heteroatoms. The maximum Gasteiger partial charge on any atom is 0.207 e. The van der Waals surface area contributed by atoms with E-state index in [0.29, 0.717) is 12.1 Å². The highest BCUT2D eigenvalue weighted by atomic mass is 16.3. The van der Waals surface area contributed by atoms with Crippen molar-refractivity contribution in [3.05, 3.63) is 24.1 Å². The van der Waals surface area contributed by atoms with E-state index in [1.54, 1.807) is 19.2 Å². The van der Waals surface area contributed by atoms with Crippen molar-refractivity contribution in [3.63, 3.8) is 0 Å². The Morgan fingerprint density at radius 1 is 1.83 bits per heavy atom. The van der Waals surface area contributed by atoms with Gasteiger partial charge in [-0.15, -0.1) is 6.58 Å². The minimum Gasteiger partial charge on any atom is -0.503 e. The second kappa shape index (κ2) is 3.34. The third-order valence-electron chi connectivity index (χ3n) is 1.78. The number of aliphatic imine (C=N–C) groups is 1. The average molecular weight is 165 g/mol. The molecule has 1 N–H and O–H groups in total. The van der Waals surface area contributed by atoms with Crippen LogP contribution in [0.5, 0.6) is 0 Å². The number of aliphatic hydroxyl groups excluding tert-OH is 1. The fourth-order valence-electron chi connectivity index (χ4n) is 1.03. The van der Waals surface area contributed by atoms with Crippen LogP contribution >= 0.6 is 0 Å². The largest absolute Gasteiger partial charge is 0.503 e. The average Bonchev–Trinajstić information content (AvgIpc) is 2.07. The van der Waals surface area contributed by atoms with Crippen molar-refractivity contribution in [3.8, 4) is 0 Å². The van der Waals surface area contributed by atoms with Gasteiger partial charge in [-0.05, 0) is 13.3 Å². The van der Waals surface area contributed by atoms with E-state index in [-0.39, 0.29) is 17.5 Å². The maximum absolute atomic E-state index is 11.3. The van der Waals surface area contributed by atoms with Crippen molar-refractivity contribution < 1.29 is 9.90 Å². The van der Waals surface area contributed by atoms with Crippen LogP contribution in [0.1, 0.15) is 13.3 Å². The second-order valence-electron chi connectivity index (χ2n) is 2.71. The molecule has 1 heterocycles. The quantitative estimate of drug-likeness (QED) is 0.632. The zero-order valence-electron chi connectivity index (χ0n) is 6.95. The van der Waals surface area contributed by atoms with E-state index in [1.165, 1.54) is 0 Å². The summed E-state index contributed by atoms with van der Waals surface area (Å²) in [6.45, 7) is 5.13. The van der Waals surface area contributed by atoms with Crippen molar-refractivity contribution in [1.29, 1.82) is 0 Å². The lowest BCUT2D eigenvalue weighted by Crippen LogP contribution is -2.21. The minimum absolute atomic E-state index is 0.218. The van der Waals surface area contributed by atoms with Crippen molar-refractivity contribution in [2.45, 2.75) is 13.3 Å². The molecule has 0 aromatic rings. The topological polar surface area (TPSA) is 49.7 Å². The predicted molar refractivity (Wildman–Crippen MR) is 47.1 cm³/mol. The van der Waals surface area contributed by atoms with Crippen LogP contribution < -0.4 is 0 Å². The number of aliphatic hydroxyl groups is 1. The summed E-state index contributed by atoms with van der Waals surface area (Å²) in [7, 11) is 0. The Morgan fingerprint density at radius 3 is 3.08 bits per heavy atom. The Kier molecular flexibility index (Phi) is 2.43. The number of carbonyl (C=O) groups excluding carboxylic acids is 1. The molecule has 12 heavy (non-hydrogen) atoms. The van der Waals surface area contributed by atoms with Gasteiger partial charge >= 0.3 is 0 Å². The highest BCUT2D eigenvalue weighted by molar-refractivity contribution is 6.06. The van der Waals surface area contributed by atoms with Gasteiger partial charge in [-0.1, -0.05) is 6.08 Å². The molecular formula is C9H11NO2. The first-order valence-electron chi connectivity index (χ1n) is 3.76. The number of hydrogen-bond donors (Lipinski definition) is 1. The number of ketones is 1. The summed E-state index contributed by atoms with van der Waals surface area (Å²) in [6, 6.07) is 0. The lowest BCUT2D eigenvalue weighted by molar-refractivity contribution is -0.119. The van der Waals surface area contributed by atoms with E-state index < -0.39 is 0 Å². The van der Waals surface area contributed by atoms with Gasteiger partial charge in [0.25, 0.3) is 0 Å². The Bertz CT molecular complexity index is 276. The Morgan fingerprint density at radius 2 is 2.50 bits per heavy atom. The molecule has 0 aromatic heterocycles. The van der Waals surface area contributed by atoms with Gasteiger partial charge in [0.15, 0.2) is 5.76 Å². The Balaban J connectivity index is 2.85. The third-order valence-corrected chi connectivity index (χ3v) is 1.78. The molecule has 0 aromatic carbocycles. The van der Waals surface area contributed by atoms with Crippen molar-refractivity contribution in [1.82, 2.24) is 0 Å². The van der Waals surface area contributed by atoms with Crippen molar-refractivity contribution in [2.75, 3.05) is 0 Å². The van der Waals surface area contributed by atoms with Crippen molar-refractivity contribution in [2.24, 2.45) is 10.9 Å². The number of rotatable bonds is 2. The summed E-state index contributed by atoms with van der Waals surface area (Å²) in [5, 5.41) is 9.23. The van der Waals surface area contributed by atoms with Gasteiger partial charge in [-0.3, -0.25) is 9.79 Å². The van der Waals surface area contributed by atoms with E-state index >= 15 is 0 Å². The van der Waals surface area contributed by atoms with Crippen LogP contribution in [0.15, 0.2) is 29.1 Å². The van der Waals surface area contributed by atoms with Crippen LogP contribution in [0.25, 0.3) is 0 Å². The molecule has 64 valence electrons. The molecule has 0 spiro atoms. The standard InChI is InChI=1S/C9H11NO2/c1-3-4-7-5-10-6(2)8(11)9(7)12/h3,5,7,11H,1,4H2,2H3. The third kappa shape index (κ3) is 1.44. The fourth-order valence-corrected chi connectivity index (χ4v) is 1.03. The first kappa shape index (κ1) is 8.71. The number of hydrogen-bond acceptors (Lipinski definition) is 3. The summed E-state index contributed by atoms with van der Waals surface area (Å²) in [6.07, 6.45) is 3.72. The summed E-state index contributed by atoms with van der Waals surface area (Å²) < 4.78 is 0. The number of carbonyl (C=O) groups is 1. The van der Waals surface area contributed by atoms with Crippen LogP contribution in [0.3, 0.4) is 0 Å². The molecule has 0 bridgehead atoms. The van der Waals surface area contributed by atoms with Gasteiger partial charge in [0.2, 0.25) is 5.78 Å². The summed E-state index contributed by atoms with van der Waals surface area (Å²) >= 11 is 0. The van der Waals surface area contributed by atoms with Gasteiger partial charge in [0.1, 0.15) is 0 Å². The van der Waals surface area contributed by atoms with E-state index in [0.717, 1.165) is 0 Å². The number of Topliss-reactive ketones (excluding diaryl/α,β-unsaturated/α-hetero) is 1. The zero-order chi connectivity index (χ0) is 9.14. The van der Waals surface area contributed by atoms with E-state index in [9.17, 15) is 9.90 Å². The number of nitrogens with zero attached hydrogens (tertiary/aromatic N) is 1. The van der Waals surface area contributed by atoms with Crippen LogP contribution in [0.4, 0.5) is 0 Å². The van der Waals surface area contributed by atoms with E-state index in [1.807, 2.05) is 0 Å². The van der Waals surface area contributed by atoms with Gasteiger partial charge in [0, 0.05) is 6.21 Å². The van der Waals surface area contributed by atoms with Crippen molar-refractivity contribution >= 4 is 12.0 Å². The lowest BCUT2D eigenvalue weighted by atomic mass is 9.97. The Hall–Kier alpha value is -1.38. The lowest BCUT2D eigenvalue weighted by Gasteiger charge is -2.13. The van der Waals surface area contributed by atoms with Gasteiger partial charge in [-0.25, -0.2) is 0 Å². The molecule has 0 aliphatic carbocycles. The number of allylic oxidation sites excluding steroid dienone is 3. The summed E-state index contributed by atoms with van der Waals surface area (Å²) in [5.74, 6) is -0.807. The molecule has 1 rings (SSSR count). The molecule has 1 aliphatic heterocycles. The molecule has 1 aliphatic rings. The molecule has 1 unspecified atom stereocenters. The molecule has 0 radical (unpaired) electrons. The van der Waals surface area contributed by atoms with E-state index in [4.69, 9.17) is 0 Å². The molecule has 1 atom stereocenters. The summed E-state index contributed by atoms with van der Waals surface area (Å²) in [5.41, 5.74) is 0.389. The molecule has 3 nitrogen and oxygen atoms in total. The van der Waals surface area contributed by atoms with Crippen LogP contribution in [-0.2, 0) is 4.79 Å². The first-order chi connectivity index (χ1) is 5.66.